The Bertz CT molecular complexity index is 826. The topological polar surface area (TPSA) is 77.8 Å². The number of nitrogen functional groups attached to an aromatic ring is 1. The molecule has 4 N–H and O–H groups in total. The number of aromatic nitrogens is 2. The van der Waals surface area contributed by atoms with Crippen LogP contribution in [0.3, 0.4) is 0 Å². The van der Waals surface area contributed by atoms with E-state index in [9.17, 15) is 0 Å². The van der Waals surface area contributed by atoms with Crippen LogP contribution in [0.5, 0.6) is 0 Å². The maximum Gasteiger partial charge on any atom is 0.180 e. The van der Waals surface area contributed by atoms with Gasteiger partial charge in [-0.3, -0.25) is 4.98 Å². The first-order valence-electron chi connectivity index (χ1n) is 7.03. The van der Waals surface area contributed by atoms with Gasteiger partial charge < -0.3 is 11.5 Å². The van der Waals surface area contributed by atoms with Crippen LogP contribution in [-0.2, 0) is 18.4 Å². The highest BCUT2D eigenvalue weighted by Crippen LogP contribution is 2.37. The molecule has 2 heterocycles. The van der Waals surface area contributed by atoms with Crippen LogP contribution in [0.2, 0.25) is 0 Å². The minimum absolute atomic E-state index is 0.421. The third kappa shape index (κ3) is 2.09. The van der Waals surface area contributed by atoms with Gasteiger partial charge in [-0.15, -0.1) is 11.3 Å². The first kappa shape index (κ1) is 12.7. The van der Waals surface area contributed by atoms with Crippen molar-refractivity contribution < 1.29 is 0 Å². The zero-order valence-corrected chi connectivity index (χ0v) is 12.4. The lowest BCUT2D eigenvalue weighted by molar-refractivity contribution is 0.377. The van der Waals surface area contributed by atoms with E-state index in [2.05, 4.69) is 23.2 Å². The van der Waals surface area contributed by atoms with Gasteiger partial charge in [0.1, 0.15) is 0 Å². The van der Waals surface area contributed by atoms with Crippen LogP contribution in [-0.4, -0.2) is 9.97 Å². The van der Waals surface area contributed by atoms with Crippen LogP contribution in [0, 0.1) is 0 Å². The molecule has 0 bridgehead atoms. The zero-order chi connectivity index (χ0) is 14.4. The van der Waals surface area contributed by atoms with Crippen molar-refractivity contribution in [1.82, 2.24) is 9.97 Å². The Kier molecular flexibility index (Phi) is 2.74. The van der Waals surface area contributed by atoms with Gasteiger partial charge in [-0.25, -0.2) is 4.98 Å². The fraction of sp³-hybridized carbons (Fsp3) is 0.250. The Labute approximate surface area is 126 Å². The molecule has 0 saturated carbocycles. The number of hydrogen-bond acceptors (Lipinski definition) is 5. The van der Waals surface area contributed by atoms with Crippen LogP contribution < -0.4 is 11.5 Å². The molecule has 1 aliphatic rings. The van der Waals surface area contributed by atoms with E-state index < -0.39 is 5.54 Å². The van der Waals surface area contributed by atoms with Gasteiger partial charge in [-0.05, 0) is 25.0 Å². The van der Waals surface area contributed by atoms with E-state index >= 15 is 0 Å². The summed E-state index contributed by atoms with van der Waals surface area (Å²) >= 11 is 1.55. The Morgan fingerprint density at radius 3 is 2.86 bits per heavy atom. The van der Waals surface area contributed by atoms with Gasteiger partial charge in [-0.2, -0.15) is 0 Å². The van der Waals surface area contributed by atoms with Crippen molar-refractivity contribution >= 4 is 27.4 Å². The zero-order valence-electron chi connectivity index (χ0n) is 11.5. The summed E-state index contributed by atoms with van der Waals surface area (Å²) in [5.74, 6) is 0. The lowest BCUT2D eigenvalue weighted by Crippen LogP contribution is -2.42. The highest BCUT2D eigenvalue weighted by Gasteiger charge is 2.35. The second kappa shape index (κ2) is 4.51. The molecule has 0 saturated heterocycles. The molecule has 0 amide bonds. The lowest BCUT2D eigenvalue weighted by atomic mass is 9.81. The van der Waals surface area contributed by atoms with Gasteiger partial charge in [-0.1, -0.05) is 24.3 Å². The molecule has 106 valence electrons. The molecule has 1 aliphatic carbocycles. The molecule has 21 heavy (non-hydrogen) atoms. The number of benzene rings is 1. The van der Waals surface area contributed by atoms with Gasteiger partial charge in [0.15, 0.2) is 5.13 Å². The summed E-state index contributed by atoms with van der Waals surface area (Å²) in [6, 6.07) is 12.3. The monoisotopic (exact) mass is 296 g/mol. The van der Waals surface area contributed by atoms with Crippen LogP contribution in [0.25, 0.3) is 10.9 Å². The quantitative estimate of drug-likeness (QED) is 0.723. The fourth-order valence-electron chi connectivity index (χ4n) is 3.02. The van der Waals surface area contributed by atoms with Crippen molar-refractivity contribution in [2.45, 2.75) is 24.8 Å². The molecule has 0 spiro atoms. The first-order valence-corrected chi connectivity index (χ1v) is 7.85. The van der Waals surface area contributed by atoms with E-state index in [0.29, 0.717) is 5.13 Å². The van der Waals surface area contributed by atoms with Crippen LogP contribution in [0.4, 0.5) is 5.13 Å². The minimum Gasteiger partial charge on any atom is -0.375 e. The number of anilines is 1. The van der Waals surface area contributed by atoms with Crippen molar-refractivity contribution in [3.63, 3.8) is 0 Å². The average molecular weight is 296 g/mol. The number of fused-ring (bicyclic) bond motifs is 2. The second-order valence-corrected chi connectivity index (χ2v) is 6.76. The third-order valence-corrected chi connectivity index (χ3v) is 5.11. The lowest BCUT2D eigenvalue weighted by Gasteiger charge is -2.32. The largest absolute Gasteiger partial charge is 0.375 e. The SMILES string of the molecule is Nc1nc2c(s1)CC(N)(c1ccc3ccccc3n1)CC2. The summed E-state index contributed by atoms with van der Waals surface area (Å²) < 4.78 is 0. The molecule has 4 rings (SSSR count). The average Bonchev–Trinajstić information content (AvgIpc) is 2.86. The number of hydrogen-bond donors (Lipinski definition) is 2. The minimum atomic E-state index is -0.421. The first-order chi connectivity index (χ1) is 10.1. The summed E-state index contributed by atoms with van der Waals surface area (Å²) in [6.07, 6.45) is 2.49. The van der Waals surface area contributed by atoms with Crippen molar-refractivity contribution in [2.75, 3.05) is 5.73 Å². The van der Waals surface area contributed by atoms with Gasteiger partial charge >= 0.3 is 0 Å². The third-order valence-electron chi connectivity index (χ3n) is 4.19. The molecule has 0 radical (unpaired) electrons. The number of aryl methyl sites for hydroxylation is 1. The second-order valence-electron chi connectivity index (χ2n) is 5.64. The van der Waals surface area contributed by atoms with Gasteiger partial charge in [0, 0.05) is 16.7 Å². The smallest absolute Gasteiger partial charge is 0.180 e. The van der Waals surface area contributed by atoms with Crippen LogP contribution in [0.1, 0.15) is 22.7 Å². The van der Waals surface area contributed by atoms with Crippen LogP contribution in [0.15, 0.2) is 36.4 Å². The predicted octanol–water partition coefficient (Wildman–Crippen LogP) is 2.62. The Morgan fingerprint density at radius 2 is 1.95 bits per heavy atom. The van der Waals surface area contributed by atoms with E-state index in [0.717, 1.165) is 41.6 Å². The summed E-state index contributed by atoms with van der Waals surface area (Å²) in [6.45, 7) is 0. The highest BCUT2D eigenvalue weighted by molar-refractivity contribution is 7.15. The molecule has 0 aliphatic heterocycles. The number of pyridine rings is 1. The molecule has 4 nitrogen and oxygen atoms in total. The van der Waals surface area contributed by atoms with E-state index in [1.807, 2.05) is 18.2 Å². The summed E-state index contributed by atoms with van der Waals surface area (Å²) in [7, 11) is 0. The Balaban J connectivity index is 1.77. The van der Waals surface area contributed by atoms with Crippen molar-refractivity contribution in [3.05, 3.63) is 52.7 Å². The summed E-state index contributed by atoms with van der Waals surface area (Å²) in [5.41, 5.74) is 15.1. The van der Waals surface area contributed by atoms with Crippen molar-refractivity contribution in [3.8, 4) is 0 Å². The molecule has 1 unspecified atom stereocenters. The van der Waals surface area contributed by atoms with Crippen molar-refractivity contribution in [2.24, 2.45) is 5.73 Å². The molecule has 0 fully saturated rings. The molecule has 3 aromatic rings. The van der Waals surface area contributed by atoms with E-state index in [-0.39, 0.29) is 0 Å². The molecule has 2 aromatic heterocycles. The summed E-state index contributed by atoms with van der Waals surface area (Å²) in [4.78, 5) is 10.4. The number of nitrogens with zero attached hydrogens (tertiary/aromatic N) is 2. The fourth-order valence-corrected chi connectivity index (χ4v) is 4.02. The van der Waals surface area contributed by atoms with Gasteiger partial charge in [0.2, 0.25) is 0 Å². The number of para-hydroxylation sites is 1. The van der Waals surface area contributed by atoms with Crippen LogP contribution >= 0.6 is 11.3 Å². The van der Waals surface area contributed by atoms with Crippen molar-refractivity contribution in [1.29, 1.82) is 0 Å². The van der Waals surface area contributed by atoms with E-state index in [1.165, 1.54) is 4.88 Å². The number of thiazole rings is 1. The van der Waals surface area contributed by atoms with Gasteiger partial charge in [0.05, 0.1) is 22.4 Å². The molecule has 5 heteroatoms. The Hall–Kier alpha value is -1.98. The van der Waals surface area contributed by atoms with E-state index in [4.69, 9.17) is 16.5 Å². The number of nitrogens with two attached hydrogens (primary N) is 2. The highest BCUT2D eigenvalue weighted by atomic mass is 32.1. The summed E-state index contributed by atoms with van der Waals surface area (Å²) in [5, 5.41) is 1.78. The molecular weight excluding hydrogens is 280 g/mol. The molecule has 1 aromatic carbocycles. The Morgan fingerprint density at radius 1 is 1.10 bits per heavy atom. The normalized spacial score (nSPS) is 21.4. The van der Waals surface area contributed by atoms with E-state index in [1.54, 1.807) is 11.3 Å². The van der Waals surface area contributed by atoms with Gasteiger partial charge in [0.25, 0.3) is 0 Å². The number of rotatable bonds is 1. The molecular formula is C16H16N4S. The predicted molar refractivity (Wildman–Crippen MR) is 86.2 cm³/mol. The maximum absolute atomic E-state index is 6.67. The molecule has 1 atom stereocenters. The standard InChI is InChI=1S/C16H16N4S/c17-15-20-12-7-8-16(18,9-13(12)21-15)14-6-5-10-3-1-2-4-11(10)19-14/h1-6H,7-9,18H2,(H2,17,20). The maximum atomic E-state index is 6.67.